The van der Waals surface area contributed by atoms with Crippen molar-refractivity contribution in [2.45, 2.75) is 0 Å². The topological polar surface area (TPSA) is 61.4 Å². The van der Waals surface area contributed by atoms with E-state index >= 15 is 0 Å². The normalized spacial score (nSPS) is 11.7. The molecule has 0 radical (unpaired) electrons. The van der Waals surface area contributed by atoms with Gasteiger partial charge in [0.15, 0.2) is 11.5 Å². The maximum Gasteiger partial charge on any atom is 0.237 e. The molecule has 0 atom stereocenters. The molecule has 0 unspecified atom stereocenters. The van der Waals surface area contributed by atoms with E-state index in [0.717, 1.165) is 89.2 Å². The van der Waals surface area contributed by atoms with E-state index in [1.165, 1.54) is 42.0 Å². The highest BCUT2D eigenvalue weighted by atomic mass is 32.1. The van der Waals surface area contributed by atoms with Crippen LogP contribution < -0.4 is 0 Å². The van der Waals surface area contributed by atoms with Crippen molar-refractivity contribution in [3.63, 3.8) is 0 Å². The fraction of sp³-hybridized carbons (Fsp3) is 0. The van der Waals surface area contributed by atoms with Crippen LogP contribution in [-0.2, 0) is 0 Å². The van der Waals surface area contributed by atoms with E-state index in [4.69, 9.17) is 19.9 Å². The van der Waals surface area contributed by atoms with Gasteiger partial charge in [-0.05, 0) is 76.9 Å². The molecule has 0 aliphatic heterocycles. The van der Waals surface area contributed by atoms with E-state index in [1.54, 1.807) is 0 Å². The quantitative estimate of drug-likeness (QED) is 0.152. The Morgan fingerprint density at radius 2 is 0.853 bits per heavy atom. The second-order valence-electron chi connectivity index (χ2n) is 19.0. The second-order valence-corrected chi connectivity index (χ2v) is 20.0. The first-order valence-corrected chi connectivity index (χ1v) is 26.0. The van der Waals surface area contributed by atoms with E-state index in [-0.39, 0.29) is 0 Å². The second kappa shape index (κ2) is 17.4. The van der Waals surface area contributed by atoms with Crippen LogP contribution in [0.5, 0.6) is 0 Å². The number of hydrogen-bond acceptors (Lipinski definition) is 5. The molecule has 15 rings (SSSR count). The molecule has 7 heteroatoms. The van der Waals surface area contributed by atoms with Gasteiger partial charge in [-0.3, -0.25) is 4.57 Å². The van der Waals surface area contributed by atoms with Gasteiger partial charge in [-0.2, -0.15) is 0 Å². The van der Waals surface area contributed by atoms with E-state index in [9.17, 15) is 0 Å². The highest BCUT2D eigenvalue weighted by molar-refractivity contribution is 7.26. The number of nitrogens with zero attached hydrogens (tertiary/aromatic N) is 6. The van der Waals surface area contributed by atoms with E-state index in [2.05, 4.69) is 234 Å². The number of fused-ring (bicyclic) bond motifs is 9. The summed E-state index contributed by atoms with van der Waals surface area (Å²) in [6.45, 7) is 0. The molecule has 0 bridgehead atoms. The van der Waals surface area contributed by atoms with Crippen LogP contribution in [-0.4, -0.2) is 29.1 Å². The van der Waals surface area contributed by atoms with Gasteiger partial charge in [-0.15, -0.1) is 11.3 Å². The zero-order chi connectivity index (χ0) is 49.4. The molecule has 0 N–H and O–H groups in total. The maximum absolute atomic E-state index is 5.52. The van der Waals surface area contributed by atoms with Gasteiger partial charge in [0.2, 0.25) is 5.95 Å². The third-order valence-corrected chi connectivity index (χ3v) is 15.8. The molecule has 5 heterocycles. The largest absolute Gasteiger partial charge is 0.309 e. The fourth-order valence-electron chi connectivity index (χ4n) is 11.0. The third kappa shape index (κ3) is 7.16. The molecule has 10 aromatic carbocycles. The predicted molar refractivity (Wildman–Crippen MR) is 312 cm³/mol. The van der Waals surface area contributed by atoms with Crippen molar-refractivity contribution in [1.82, 2.24) is 29.1 Å². The summed E-state index contributed by atoms with van der Waals surface area (Å²) >= 11 is 1.85. The Balaban J connectivity index is 0.960. The average Bonchev–Trinajstić information content (AvgIpc) is 4.17. The van der Waals surface area contributed by atoms with Crippen LogP contribution >= 0.6 is 11.3 Å². The van der Waals surface area contributed by atoms with Crippen LogP contribution in [0.25, 0.3) is 143 Å². The molecule has 350 valence electrons. The van der Waals surface area contributed by atoms with Gasteiger partial charge in [-0.25, -0.2) is 19.9 Å². The van der Waals surface area contributed by atoms with Crippen molar-refractivity contribution in [3.05, 3.63) is 255 Å². The van der Waals surface area contributed by atoms with E-state index in [1.807, 2.05) is 41.7 Å². The summed E-state index contributed by atoms with van der Waals surface area (Å²) in [5, 5.41) is 6.91. The van der Waals surface area contributed by atoms with Gasteiger partial charge in [0, 0.05) is 64.3 Å². The lowest BCUT2D eigenvalue weighted by Crippen LogP contribution is -2.06. The molecular weight excluding hydrogens is 933 g/mol. The highest BCUT2D eigenvalue weighted by Crippen LogP contribution is 2.43. The Morgan fingerprint density at radius 3 is 1.57 bits per heavy atom. The van der Waals surface area contributed by atoms with Crippen LogP contribution in [0.1, 0.15) is 0 Å². The third-order valence-electron chi connectivity index (χ3n) is 14.6. The van der Waals surface area contributed by atoms with Gasteiger partial charge < -0.3 is 4.57 Å². The summed E-state index contributed by atoms with van der Waals surface area (Å²) in [5.74, 6) is 1.14. The smallest absolute Gasteiger partial charge is 0.237 e. The minimum absolute atomic E-state index is 0.519. The van der Waals surface area contributed by atoms with Crippen molar-refractivity contribution in [2.75, 3.05) is 0 Å². The lowest BCUT2D eigenvalue weighted by atomic mass is 9.99. The molecule has 15 aromatic rings. The summed E-state index contributed by atoms with van der Waals surface area (Å²) in [7, 11) is 0. The minimum Gasteiger partial charge on any atom is -0.309 e. The molecule has 0 spiro atoms. The Labute approximate surface area is 435 Å². The molecule has 75 heavy (non-hydrogen) atoms. The molecule has 6 nitrogen and oxygen atoms in total. The summed E-state index contributed by atoms with van der Waals surface area (Å²) < 4.78 is 7.09. The fourth-order valence-corrected chi connectivity index (χ4v) is 12.3. The molecule has 5 aromatic heterocycles. The van der Waals surface area contributed by atoms with Crippen molar-refractivity contribution in [1.29, 1.82) is 0 Å². The maximum atomic E-state index is 5.52. The zero-order valence-electron chi connectivity index (χ0n) is 40.3. The van der Waals surface area contributed by atoms with Gasteiger partial charge in [0.05, 0.1) is 39.0 Å². The van der Waals surface area contributed by atoms with Crippen molar-refractivity contribution in [3.8, 4) is 79.0 Å². The molecule has 0 saturated heterocycles. The van der Waals surface area contributed by atoms with Crippen LogP contribution in [0.3, 0.4) is 0 Å². The summed E-state index contributed by atoms with van der Waals surface area (Å²) in [6, 6.07) is 90.2. The Morgan fingerprint density at radius 1 is 0.320 bits per heavy atom. The molecule has 0 saturated carbocycles. The number of hydrogen-bond donors (Lipinski definition) is 0. The van der Waals surface area contributed by atoms with Crippen molar-refractivity contribution >= 4 is 75.3 Å². The first-order valence-electron chi connectivity index (χ1n) is 25.2. The summed E-state index contributed by atoms with van der Waals surface area (Å²) in [4.78, 5) is 21.9. The minimum atomic E-state index is 0.519. The summed E-state index contributed by atoms with van der Waals surface area (Å²) in [6.07, 6.45) is 0. The summed E-state index contributed by atoms with van der Waals surface area (Å²) in [5.41, 5.74) is 16.0. The first kappa shape index (κ1) is 42.8. The lowest BCUT2D eigenvalue weighted by Gasteiger charge is -2.13. The van der Waals surface area contributed by atoms with Crippen LogP contribution in [0.4, 0.5) is 0 Å². The van der Waals surface area contributed by atoms with Crippen LogP contribution in [0.2, 0.25) is 0 Å². The highest BCUT2D eigenvalue weighted by Gasteiger charge is 2.24. The SMILES string of the molecule is c1ccc(-c2cc(-c3ccc(-c4cccc5c4sc4ccccc45)cc3)nc(-n3c4ccc(-c5ccc6c(c5)c5ccccc5n6-c5ccccc5)cc4c4c(-c5ccccc5)nc(-c5ccccc5)nc43)n2)cc1. The van der Waals surface area contributed by atoms with Gasteiger partial charge in [-0.1, -0.05) is 200 Å². The molecule has 0 fully saturated rings. The first-order chi connectivity index (χ1) is 37.2. The number of aromatic nitrogens is 6. The lowest BCUT2D eigenvalue weighted by molar-refractivity contribution is 0.979. The molecule has 0 aliphatic carbocycles. The Hall–Kier alpha value is -9.82. The number of benzene rings is 10. The van der Waals surface area contributed by atoms with E-state index < -0.39 is 0 Å². The predicted octanol–water partition coefficient (Wildman–Crippen LogP) is 17.8. The number of para-hydroxylation sites is 2. The molecular formula is C68H42N6S. The standard InChI is InChI=1S/C68H42N6S/c1-5-18-44(19-6-1)57-42-58(45-34-32-43(33-35-45)51-28-17-29-54-53-27-14-16-31-62(53)75-65(51)54)70-68(69-57)74-61-39-37-49(48-36-38-60-55(40-48)52-26-13-15-30-59(52)73(60)50-24-11-4-12-25-50)41-56(61)63-64(46-20-7-2-8-21-46)71-66(72-67(63)74)47-22-9-3-10-23-47/h1-42H. The van der Waals surface area contributed by atoms with E-state index in [0.29, 0.717) is 11.8 Å². The Bertz CT molecular complexity index is 4680. The molecule has 0 aliphatic rings. The number of thiophene rings is 1. The Kier molecular flexibility index (Phi) is 9.96. The van der Waals surface area contributed by atoms with Crippen molar-refractivity contribution < 1.29 is 0 Å². The van der Waals surface area contributed by atoms with Gasteiger partial charge in [0.25, 0.3) is 0 Å². The van der Waals surface area contributed by atoms with Crippen molar-refractivity contribution in [2.24, 2.45) is 0 Å². The molecule has 0 amide bonds. The van der Waals surface area contributed by atoms with Gasteiger partial charge >= 0.3 is 0 Å². The zero-order valence-corrected chi connectivity index (χ0v) is 41.2. The van der Waals surface area contributed by atoms with Crippen LogP contribution in [0.15, 0.2) is 255 Å². The average molecular weight is 975 g/mol. The van der Waals surface area contributed by atoms with Crippen LogP contribution in [0, 0.1) is 0 Å². The van der Waals surface area contributed by atoms with Gasteiger partial charge in [0.1, 0.15) is 0 Å². The monoisotopic (exact) mass is 974 g/mol. The number of rotatable bonds is 8.